The largest absolute Gasteiger partial charge is 0.481 e. The van der Waals surface area contributed by atoms with E-state index in [0.29, 0.717) is 28.6 Å². The topological polar surface area (TPSA) is 70.5 Å². The number of methoxy groups -OCH3 is 2. The van der Waals surface area contributed by atoms with Gasteiger partial charge in [0, 0.05) is 11.1 Å². The third kappa shape index (κ3) is 3.92. The molecule has 0 amide bonds. The Balaban J connectivity index is 1.78. The van der Waals surface area contributed by atoms with Crippen molar-refractivity contribution in [2.45, 2.75) is 0 Å². The lowest BCUT2D eigenvalue weighted by Crippen LogP contribution is -2.01. The van der Waals surface area contributed by atoms with E-state index in [1.54, 1.807) is 42.5 Å². The Morgan fingerprint density at radius 3 is 1.92 bits per heavy atom. The molecular weight excluding hydrogens is 320 g/mol. The lowest BCUT2D eigenvalue weighted by molar-refractivity contribution is 0.103. The molecule has 0 unspecified atom stereocenters. The van der Waals surface area contributed by atoms with Gasteiger partial charge in [-0.15, -0.1) is 0 Å². The second-order valence-corrected chi connectivity index (χ2v) is 5.06. The monoisotopic (exact) mass is 336 g/mol. The molecule has 0 bridgehead atoms. The van der Waals surface area contributed by atoms with E-state index in [4.69, 9.17) is 14.2 Å². The van der Waals surface area contributed by atoms with E-state index < -0.39 is 0 Å². The quantitative estimate of drug-likeness (QED) is 0.642. The first kappa shape index (κ1) is 16.4. The Labute approximate surface area is 145 Å². The molecule has 126 valence electrons. The van der Waals surface area contributed by atoms with Gasteiger partial charge in [0.2, 0.25) is 11.8 Å². The molecule has 1 aromatic heterocycles. The molecule has 0 saturated carbocycles. The zero-order valence-corrected chi connectivity index (χ0v) is 13.8. The van der Waals surface area contributed by atoms with Crippen LogP contribution >= 0.6 is 0 Å². The zero-order valence-electron chi connectivity index (χ0n) is 13.8. The fourth-order valence-corrected chi connectivity index (χ4v) is 2.17. The minimum atomic E-state index is -0.0496. The average Bonchev–Trinajstić information content (AvgIpc) is 2.68. The smallest absolute Gasteiger partial charge is 0.328 e. The highest BCUT2D eigenvalue weighted by Gasteiger charge is 2.10. The average molecular weight is 336 g/mol. The van der Waals surface area contributed by atoms with E-state index in [1.807, 2.05) is 18.2 Å². The van der Waals surface area contributed by atoms with Crippen LogP contribution in [0.15, 0.2) is 60.7 Å². The second-order valence-electron chi connectivity index (χ2n) is 5.06. The van der Waals surface area contributed by atoms with Crippen molar-refractivity contribution >= 4 is 5.78 Å². The number of carbonyl (C=O) groups excluding carboxylic acids is 1. The summed E-state index contributed by atoms with van der Waals surface area (Å²) in [6.45, 7) is 0. The third-order valence-corrected chi connectivity index (χ3v) is 3.44. The van der Waals surface area contributed by atoms with Gasteiger partial charge in [0.1, 0.15) is 5.75 Å². The molecule has 0 aliphatic carbocycles. The van der Waals surface area contributed by atoms with Gasteiger partial charge in [-0.05, 0) is 24.3 Å². The highest BCUT2D eigenvalue weighted by molar-refractivity contribution is 6.08. The van der Waals surface area contributed by atoms with E-state index in [2.05, 4.69) is 9.97 Å². The molecule has 0 spiro atoms. The Bertz CT molecular complexity index is 842. The maximum atomic E-state index is 12.4. The van der Waals surface area contributed by atoms with Gasteiger partial charge in [0.15, 0.2) is 5.78 Å². The molecule has 3 aromatic rings. The van der Waals surface area contributed by atoms with Crippen molar-refractivity contribution in [3.05, 3.63) is 71.8 Å². The molecule has 0 aliphatic heterocycles. The molecule has 25 heavy (non-hydrogen) atoms. The van der Waals surface area contributed by atoms with E-state index in [9.17, 15) is 4.79 Å². The van der Waals surface area contributed by atoms with E-state index in [1.165, 1.54) is 14.2 Å². The fraction of sp³-hybridized carbons (Fsp3) is 0.105. The number of hydrogen-bond acceptors (Lipinski definition) is 6. The summed E-state index contributed by atoms with van der Waals surface area (Å²) >= 11 is 0. The summed E-state index contributed by atoms with van der Waals surface area (Å²) in [5, 5.41) is 0. The summed E-state index contributed by atoms with van der Waals surface area (Å²) < 4.78 is 15.8. The summed E-state index contributed by atoms with van der Waals surface area (Å²) in [6.07, 6.45) is 0. The minimum absolute atomic E-state index is 0.0496. The van der Waals surface area contributed by atoms with Crippen LogP contribution in [0, 0.1) is 0 Å². The Kier molecular flexibility index (Phi) is 4.89. The molecule has 0 fully saturated rings. The Hall–Kier alpha value is -3.41. The molecule has 6 heteroatoms. The first-order chi connectivity index (χ1) is 12.2. The van der Waals surface area contributed by atoms with E-state index >= 15 is 0 Å². The van der Waals surface area contributed by atoms with Gasteiger partial charge in [-0.3, -0.25) is 4.79 Å². The Morgan fingerprint density at radius 2 is 1.36 bits per heavy atom. The molecule has 0 atom stereocenters. The molecule has 3 rings (SSSR count). The van der Waals surface area contributed by atoms with Gasteiger partial charge in [-0.25, -0.2) is 0 Å². The van der Waals surface area contributed by atoms with Crippen LogP contribution in [0.2, 0.25) is 0 Å². The van der Waals surface area contributed by atoms with E-state index in [0.717, 1.165) is 0 Å². The van der Waals surface area contributed by atoms with Crippen molar-refractivity contribution in [1.29, 1.82) is 0 Å². The van der Waals surface area contributed by atoms with Gasteiger partial charge in [-0.1, -0.05) is 30.3 Å². The molecule has 2 aromatic carbocycles. The second kappa shape index (κ2) is 7.44. The fourth-order valence-electron chi connectivity index (χ4n) is 2.17. The summed E-state index contributed by atoms with van der Waals surface area (Å²) in [5.41, 5.74) is 1.21. The summed E-state index contributed by atoms with van der Waals surface area (Å²) in [6, 6.07) is 17.5. The maximum Gasteiger partial charge on any atom is 0.328 e. The number of ether oxygens (including phenoxy) is 3. The van der Waals surface area contributed by atoms with Crippen LogP contribution < -0.4 is 14.2 Å². The number of benzene rings is 2. The van der Waals surface area contributed by atoms with E-state index in [-0.39, 0.29) is 11.8 Å². The van der Waals surface area contributed by atoms with Gasteiger partial charge in [0.25, 0.3) is 0 Å². The number of nitrogens with zero attached hydrogens (tertiary/aromatic N) is 2. The molecule has 0 radical (unpaired) electrons. The predicted molar refractivity (Wildman–Crippen MR) is 91.5 cm³/mol. The van der Waals surface area contributed by atoms with Gasteiger partial charge in [0.05, 0.1) is 20.3 Å². The molecule has 0 aliphatic rings. The highest BCUT2D eigenvalue weighted by atomic mass is 16.5. The van der Waals surface area contributed by atoms with Crippen LogP contribution in [-0.2, 0) is 0 Å². The van der Waals surface area contributed by atoms with Crippen molar-refractivity contribution < 1.29 is 19.0 Å². The van der Waals surface area contributed by atoms with Gasteiger partial charge in [-0.2, -0.15) is 9.97 Å². The summed E-state index contributed by atoms with van der Waals surface area (Å²) in [7, 11) is 2.99. The normalized spacial score (nSPS) is 10.2. The molecule has 1 heterocycles. The highest BCUT2D eigenvalue weighted by Crippen LogP contribution is 2.24. The number of carbonyl (C=O) groups is 1. The number of aromatic nitrogens is 2. The molecule has 0 N–H and O–H groups in total. The lowest BCUT2D eigenvalue weighted by Gasteiger charge is -2.08. The van der Waals surface area contributed by atoms with Crippen LogP contribution in [-0.4, -0.2) is 30.0 Å². The van der Waals surface area contributed by atoms with Crippen molar-refractivity contribution in [1.82, 2.24) is 9.97 Å². The lowest BCUT2D eigenvalue weighted by atomic mass is 10.0. The SMILES string of the molecule is COc1cc(OC)nc(Oc2ccc(C(=O)c3ccccc3)cc2)n1. The molecule has 0 saturated heterocycles. The number of ketones is 1. The van der Waals surface area contributed by atoms with Gasteiger partial charge >= 0.3 is 6.01 Å². The van der Waals surface area contributed by atoms with Crippen molar-refractivity contribution in [3.8, 4) is 23.5 Å². The van der Waals surface area contributed by atoms with Crippen LogP contribution in [0.4, 0.5) is 0 Å². The third-order valence-electron chi connectivity index (χ3n) is 3.44. The predicted octanol–water partition coefficient (Wildman–Crippen LogP) is 3.52. The van der Waals surface area contributed by atoms with Gasteiger partial charge < -0.3 is 14.2 Å². The summed E-state index contributed by atoms with van der Waals surface area (Å²) in [5.74, 6) is 1.11. The standard InChI is InChI=1S/C19H16N2O4/c1-23-16-12-17(24-2)21-19(20-16)25-15-10-8-14(9-11-15)18(22)13-6-4-3-5-7-13/h3-12H,1-2H3. The van der Waals surface area contributed by atoms with Crippen LogP contribution in [0.25, 0.3) is 0 Å². The van der Waals surface area contributed by atoms with Crippen LogP contribution in [0.3, 0.4) is 0 Å². The maximum absolute atomic E-state index is 12.4. The van der Waals surface area contributed by atoms with Crippen molar-refractivity contribution in [2.75, 3.05) is 14.2 Å². The number of rotatable bonds is 6. The first-order valence-corrected chi connectivity index (χ1v) is 7.54. The molecule has 6 nitrogen and oxygen atoms in total. The van der Waals surface area contributed by atoms with Crippen molar-refractivity contribution in [2.24, 2.45) is 0 Å². The zero-order chi connectivity index (χ0) is 17.6. The van der Waals surface area contributed by atoms with Crippen LogP contribution in [0.1, 0.15) is 15.9 Å². The molecular formula is C19H16N2O4. The minimum Gasteiger partial charge on any atom is -0.481 e. The van der Waals surface area contributed by atoms with Crippen molar-refractivity contribution in [3.63, 3.8) is 0 Å². The Morgan fingerprint density at radius 1 is 0.800 bits per heavy atom. The number of hydrogen-bond donors (Lipinski definition) is 0. The summed E-state index contributed by atoms with van der Waals surface area (Å²) in [4.78, 5) is 20.6. The van der Waals surface area contributed by atoms with Crippen LogP contribution in [0.5, 0.6) is 23.5 Å². The first-order valence-electron chi connectivity index (χ1n) is 7.54.